The van der Waals surface area contributed by atoms with Gasteiger partial charge in [0.05, 0.1) is 16.6 Å². The van der Waals surface area contributed by atoms with Gasteiger partial charge in [-0.2, -0.15) is 0 Å². The van der Waals surface area contributed by atoms with Gasteiger partial charge in [0.2, 0.25) is 0 Å². The van der Waals surface area contributed by atoms with E-state index in [0.29, 0.717) is 17.5 Å². The maximum Gasteiger partial charge on any atom is 0.254 e. The van der Waals surface area contributed by atoms with Crippen molar-refractivity contribution < 1.29 is 4.79 Å². The van der Waals surface area contributed by atoms with E-state index in [0.717, 1.165) is 11.3 Å². The van der Waals surface area contributed by atoms with Crippen LogP contribution in [0.1, 0.15) is 21.7 Å². The highest BCUT2D eigenvalue weighted by atomic mass is 35.5. The largest absolute Gasteiger partial charge is 0.341 e. The van der Waals surface area contributed by atoms with Crippen molar-refractivity contribution in [2.24, 2.45) is 0 Å². The van der Waals surface area contributed by atoms with Gasteiger partial charge in [-0.15, -0.1) is 0 Å². The van der Waals surface area contributed by atoms with E-state index in [2.05, 4.69) is 9.97 Å². The molecule has 1 heterocycles. The summed E-state index contributed by atoms with van der Waals surface area (Å²) in [4.78, 5) is 19.0. The minimum Gasteiger partial charge on any atom is -0.341 e. The summed E-state index contributed by atoms with van der Waals surface area (Å²) in [5, 5.41) is -0.472. The molecule has 94 valence electrons. The maximum atomic E-state index is 11.3. The van der Waals surface area contributed by atoms with Crippen LogP contribution < -0.4 is 0 Å². The van der Waals surface area contributed by atoms with E-state index >= 15 is 0 Å². The molecule has 0 aliphatic carbocycles. The van der Waals surface area contributed by atoms with Crippen LogP contribution in [-0.2, 0) is 6.42 Å². The van der Waals surface area contributed by atoms with Gasteiger partial charge < -0.3 is 4.98 Å². The van der Waals surface area contributed by atoms with Crippen LogP contribution in [0.2, 0.25) is 0 Å². The number of halogens is 1. The van der Waals surface area contributed by atoms with Gasteiger partial charge in [-0.3, -0.25) is 4.79 Å². The fourth-order valence-corrected chi connectivity index (χ4v) is 2.28. The Balaban J connectivity index is 2.03. The second-order valence-electron chi connectivity index (χ2n) is 4.32. The molecule has 0 radical (unpaired) electrons. The lowest BCUT2D eigenvalue weighted by Gasteiger charge is -1.96. The quantitative estimate of drug-likeness (QED) is 0.740. The number of rotatable bonds is 3. The number of aromatic amines is 1. The van der Waals surface area contributed by atoms with Crippen LogP contribution in [0, 0.1) is 0 Å². The van der Waals surface area contributed by atoms with E-state index in [9.17, 15) is 4.79 Å². The minimum absolute atomic E-state index is 0.464. The number of fused-ring (bicyclic) bond motifs is 1. The lowest BCUT2D eigenvalue weighted by molar-refractivity contribution is 0.108. The Labute approximate surface area is 115 Å². The van der Waals surface area contributed by atoms with Crippen molar-refractivity contribution in [2.45, 2.75) is 6.42 Å². The maximum absolute atomic E-state index is 11.3. The number of hydrogen-bond donors (Lipinski definition) is 1. The first-order valence-electron chi connectivity index (χ1n) is 5.95. The van der Waals surface area contributed by atoms with Gasteiger partial charge in [-0.05, 0) is 29.3 Å². The van der Waals surface area contributed by atoms with Gasteiger partial charge in [-0.1, -0.05) is 36.4 Å². The van der Waals surface area contributed by atoms with Crippen molar-refractivity contribution in [3.8, 4) is 0 Å². The van der Waals surface area contributed by atoms with E-state index in [1.807, 2.05) is 36.4 Å². The molecule has 1 aromatic heterocycles. The van der Waals surface area contributed by atoms with Crippen LogP contribution >= 0.6 is 11.6 Å². The SMILES string of the molecule is O=C(Cl)c1cccc2nc(Cc3ccccc3)[nH]c12. The first kappa shape index (κ1) is 11.9. The van der Waals surface area contributed by atoms with Crippen LogP contribution in [0.5, 0.6) is 0 Å². The highest BCUT2D eigenvalue weighted by molar-refractivity contribution is 6.68. The van der Waals surface area contributed by atoms with Crippen LogP contribution in [0.25, 0.3) is 11.0 Å². The number of benzene rings is 2. The second-order valence-corrected chi connectivity index (χ2v) is 4.66. The van der Waals surface area contributed by atoms with Crippen molar-refractivity contribution in [3.63, 3.8) is 0 Å². The minimum atomic E-state index is -0.472. The number of nitrogens with one attached hydrogen (secondary N) is 1. The van der Waals surface area contributed by atoms with Crippen molar-refractivity contribution in [3.05, 3.63) is 65.5 Å². The van der Waals surface area contributed by atoms with E-state index < -0.39 is 5.24 Å². The lowest BCUT2D eigenvalue weighted by atomic mass is 10.1. The number of carbonyl (C=O) groups is 1. The number of aromatic nitrogens is 2. The van der Waals surface area contributed by atoms with Crippen LogP contribution in [0.3, 0.4) is 0 Å². The Morgan fingerprint density at radius 1 is 1.11 bits per heavy atom. The molecule has 19 heavy (non-hydrogen) atoms. The topological polar surface area (TPSA) is 45.8 Å². The predicted octanol–water partition coefficient (Wildman–Crippen LogP) is 3.53. The molecule has 0 unspecified atom stereocenters. The molecular formula is C15H11ClN2O. The van der Waals surface area contributed by atoms with Gasteiger partial charge in [0.1, 0.15) is 5.82 Å². The molecule has 0 amide bonds. The summed E-state index contributed by atoms with van der Waals surface area (Å²) in [5.41, 5.74) is 3.09. The number of hydrogen-bond acceptors (Lipinski definition) is 2. The summed E-state index contributed by atoms with van der Waals surface area (Å²) >= 11 is 5.56. The molecule has 0 aliphatic rings. The van der Waals surface area contributed by atoms with Crippen molar-refractivity contribution in [1.29, 1.82) is 0 Å². The number of para-hydroxylation sites is 1. The van der Waals surface area contributed by atoms with Gasteiger partial charge >= 0.3 is 0 Å². The molecule has 0 aliphatic heterocycles. The summed E-state index contributed by atoms with van der Waals surface area (Å²) in [6.07, 6.45) is 0.700. The number of H-pyrrole nitrogens is 1. The Bertz CT molecular complexity index is 734. The molecule has 0 atom stereocenters. The molecule has 3 aromatic rings. The van der Waals surface area contributed by atoms with Gasteiger partial charge in [-0.25, -0.2) is 4.98 Å². The third-order valence-electron chi connectivity index (χ3n) is 2.99. The van der Waals surface area contributed by atoms with E-state index in [4.69, 9.17) is 11.6 Å². The summed E-state index contributed by atoms with van der Waals surface area (Å²) < 4.78 is 0. The first-order valence-corrected chi connectivity index (χ1v) is 6.33. The molecule has 2 aromatic carbocycles. The van der Waals surface area contributed by atoms with Crippen molar-refractivity contribution >= 4 is 27.9 Å². The monoisotopic (exact) mass is 270 g/mol. The molecule has 3 rings (SSSR count). The van der Waals surface area contributed by atoms with E-state index in [1.54, 1.807) is 12.1 Å². The summed E-state index contributed by atoms with van der Waals surface area (Å²) in [6, 6.07) is 15.4. The third kappa shape index (κ3) is 2.37. The third-order valence-corrected chi connectivity index (χ3v) is 3.20. The van der Waals surface area contributed by atoms with Gasteiger partial charge in [0, 0.05) is 6.42 Å². The van der Waals surface area contributed by atoms with Gasteiger partial charge in [0.25, 0.3) is 5.24 Å². The highest BCUT2D eigenvalue weighted by Gasteiger charge is 2.11. The predicted molar refractivity (Wildman–Crippen MR) is 75.5 cm³/mol. The Morgan fingerprint density at radius 3 is 2.63 bits per heavy atom. The van der Waals surface area contributed by atoms with Crippen LogP contribution in [-0.4, -0.2) is 15.2 Å². The van der Waals surface area contributed by atoms with Gasteiger partial charge in [0.15, 0.2) is 0 Å². The molecular weight excluding hydrogens is 260 g/mol. The van der Waals surface area contributed by atoms with Crippen molar-refractivity contribution in [2.75, 3.05) is 0 Å². The molecule has 3 nitrogen and oxygen atoms in total. The number of nitrogens with zero attached hydrogens (tertiary/aromatic N) is 1. The molecule has 1 N–H and O–H groups in total. The zero-order chi connectivity index (χ0) is 13.2. The average Bonchev–Trinajstić information content (AvgIpc) is 2.81. The molecule has 0 saturated carbocycles. The normalized spacial score (nSPS) is 10.8. The molecule has 0 bridgehead atoms. The summed E-state index contributed by atoms with van der Waals surface area (Å²) in [6.45, 7) is 0. The Kier molecular flexibility index (Phi) is 3.05. The fraction of sp³-hybridized carbons (Fsp3) is 0.0667. The fourth-order valence-electron chi connectivity index (χ4n) is 2.12. The highest BCUT2D eigenvalue weighted by Crippen LogP contribution is 2.19. The lowest BCUT2D eigenvalue weighted by Crippen LogP contribution is -1.91. The summed E-state index contributed by atoms with van der Waals surface area (Å²) in [5.74, 6) is 0.826. The van der Waals surface area contributed by atoms with Crippen LogP contribution in [0.4, 0.5) is 0 Å². The zero-order valence-electron chi connectivity index (χ0n) is 10.1. The smallest absolute Gasteiger partial charge is 0.254 e. The molecule has 0 saturated heterocycles. The standard InChI is InChI=1S/C15H11ClN2O/c16-15(19)11-7-4-8-12-14(11)18-13(17-12)9-10-5-2-1-3-6-10/h1-8H,9H2,(H,17,18). The Morgan fingerprint density at radius 2 is 1.89 bits per heavy atom. The summed E-state index contributed by atoms with van der Waals surface area (Å²) in [7, 11) is 0. The molecule has 4 heteroatoms. The molecule has 0 fully saturated rings. The Hall–Kier alpha value is -2.13. The van der Waals surface area contributed by atoms with E-state index in [-0.39, 0.29) is 0 Å². The zero-order valence-corrected chi connectivity index (χ0v) is 10.8. The van der Waals surface area contributed by atoms with Crippen molar-refractivity contribution in [1.82, 2.24) is 9.97 Å². The number of carbonyl (C=O) groups excluding carboxylic acids is 1. The molecule has 0 spiro atoms. The second kappa shape index (κ2) is 4.86. The first-order chi connectivity index (χ1) is 9.24. The average molecular weight is 271 g/mol. The van der Waals surface area contributed by atoms with E-state index in [1.165, 1.54) is 5.56 Å². The number of imidazole rings is 1. The van der Waals surface area contributed by atoms with Crippen LogP contribution in [0.15, 0.2) is 48.5 Å².